The second-order valence-electron chi connectivity index (χ2n) is 6.74. The van der Waals surface area contributed by atoms with Crippen molar-refractivity contribution in [2.45, 2.75) is 51.7 Å². The fraction of sp³-hybridized carbons (Fsp3) is 0.588. The van der Waals surface area contributed by atoms with E-state index in [9.17, 15) is 9.18 Å². The highest BCUT2D eigenvalue weighted by Crippen LogP contribution is 2.28. The van der Waals surface area contributed by atoms with Gasteiger partial charge in [-0.25, -0.2) is 9.18 Å². The van der Waals surface area contributed by atoms with Crippen LogP contribution in [0.1, 0.15) is 53.5 Å². The molecule has 0 atom stereocenters. The van der Waals surface area contributed by atoms with Crippen molar-refractivity contribution in [3.8, 4) is 0 Å². The standard InChI is InChI=1S/C17H25FN2O2.2H2/c1-17(2,3)22-16(21)20-11-12-4-5-15(18)14(10-12)13-6-8-19-9-7-13;;/h4-5,10,13,19H,6-9,11H2,1-3H3,(H,20,21);2*1H. The zero-order valence-corrected chi connectivity index (χ0v) is 13.5. The first-order valence-electron chi connectivity index (χ1n) is 7.81. The van der Waals surface area contributed by atoms with E-state index >= 15 is 0 Å². The maximum atomic E-state index is 14.0. The Kier molecular flexibility index (Phi) is 5.40. The minimum Gasteiger partial charge on any atom is -0.444 e. The Morgan fingerprint density at radius 2 is 2.09 bits per heavy atom. The number of ether oxygens (including phenoxy) is 1. The lowest BCUT2D eigenvalue weighted by molar-refractivity contribution is 0.0523. The Labute approximate surface area is 134 Å². The van der Waals surface area contributed by atoms with Crippen molar-refractivity contribution in [2.24, 2.45) is 0 Å². The molecule has 5 heteroatoms. The average molecular weight is 312 g/mol. The van der Waals surface area contributed by atoms with Crippen molar-refractivity contribution in [3.63, 3.8) is 0 Å². The smallest absolute Gasteiger partial charge is 0.407 e. The largest absolute Gasteiger partial charge is 0.444 e. The molecule has 0 aliphatic carbocycles. The van der Waals surface area contributed by atoms with Crippen molar-refractivity contribution in [3.05, 3.63) is 35.1 Å². The average Bonchev–Trinajstić information content (AvgIpc) is 2.45. The fourth-order valence-electron chi connectivity index (χ4n) is 2.64. The van der Waals surface area contributed by atoms with E-state index < -0.39 is 11.7 Å². The Bertz CT molecular complexity index is 530. The third-order valence-electron chi connectivity index (χ3n) is 3.68. The molecule has 1 aliphatic rings. The fourth-order valence-corrected chi connectivity index (χ4v) is 2.64. The molecule has 1 fully saturated rings. The van der Waals surface area contributed by atoms with Gasteiger partial charge in [-0.05, 0) is 69.8 Å². The molecule has 1 aromatic rings. The van der Waals surface area contributed by atoms with E-state index in [2.05, 4.69) is 10.6 Å². The zero-order valence-electron chi connectivity index (χ0n) is 13.5. The number of amides is 1. The molecule has 0 unspecified atom stereocenters. The van der Waals surface area contributed by atoms with Gasteiger partial charge in [0, 0.05) is 9.40 Å². The van der Waals surface area contributed by atoms with Crippen LogP contribution < -0.4 is 10.6 Å². The number of benzene rings is 1. The number of alkyl carbamates (subject to hydrolysis) is 1. The maximum absolute atomic E-state index is 14.0. The number of piperidine rings is 1. The predicted octanol–water partition coefficient (Wildman–Crippen LogP) is 3.81. The van der Waals surface area contributed by atoms with E-state index in [0.717, 1.165) is 37.1 Å². The number of hydrogen-bond acceptors (Lipinski definition) is 3. The number of carbonyl (C=O) groups is 1. The highest BCUT2D eigenvalue weighted by molar-refractivity contribution is 5.67. The SMILES string of the molecule is CC(C)(C)OC(=O)NCc1ccc(F)c(C2CCNCC2)c1.[HH].[HH]. The molecule has 22 heavy (non-hydrogen) atoms. The molecule has 4 nitrogen and oxygen atoms in total. The third kappa shape index (κ3) is 4.98. The lowest BCUT2D eigenvalue weighted by Crippen LogP contribution is -2.32. The molecule has 1 aliphatic heterocycles. The van der Waals surface area contributed by atoms with Crippen LogP contribution in [0.3, 0.4) is 0 Å². The highest BCUT2D eigenvalue weighted by Gasteiger charge is 2.19. The van der Waals surface area contributed by atoms with E-state index in [1.54, 1.807) is 6.07 Å². The minimum atomic E-state index is -0.521. The van der Waals surface area contributed by atoms with Crippen LogP contribution in [0.25, 0.3) is 0 Å². The van der Waals surface area contributed by atoms with Crippen LogP contribution in [-0.2, 0) is 11.3 Å². The van der Waals surface area contributed by atoms with Crippen LogP contribution in [0.2, 0.25) is 0 Å². The molecule has 0 radical (unpaired) electrons. The molecule has 0 aromatic heterocycles. The summed E-state index contributed by atoms with van der Waals surface area (Å²) in [6, 6.07) is 5.06. The van der Waals surface area contributed by atoms with Crippen molar-refractivity contribution >= 4 is 6.09 Å². The van der Waals surface area contributed by atoms with Gasteiger partial charge >= 0.3 is 6.09 Å². The number of rotatable bonds is 3. The molecule has 2 N–H and O–H groups in total. The topological polar surface area (TPSA) is 50.4 Å². The van der Waals surface area contributed by atoms with Gasteiger partial charge in [0.1, 0.15) is 11.4 Å². The molecule has 2 rings (SSSR count). The Morgan fingerprint density at radius 3 is 2.73 bits per heavy atom. The predicted molar refractivity (Wildman–Crippen MR) is 88.5 cm³/mol. The number of nitrogens with one attached hydrogen (secondary N) is 2. The van der Waals surface area contributed by atoms with Crippen molar-refractivity contribution < 1.29 is 16.8 Å². The summed E-state index contributed by atoms with van der Waals surface area (Å²) in [5.74, 6) is 0.0932. The second-order valence-corrected chi connectivity index (χ2v) is 6.74. The van der Waals surface area contributed by atoms with Gasteiger partial charge in [0.25, 0.3) is 0 Å². The van der Waals surface area contributed by atoms with Crippen molar-refractivity contribution in [1.29, 1.82) is 0 Å². The van der Waals surface area contributed by atoms with E-state index in [4.69, 9.17) is 4.74 Å². The summed E-state index contributed by atoms with van der Waals surface area (Å²) in [5, 5.41) is 5.99. The van der Waals surface area contributed by atoms with Crippen LogP contribution in [0, 0.1) is 5.82 Å². The second kappa shape index (κ2) is 7.09. The number of halogens is 1. The molecule has 0 bridgehead atoms. The summed E-state index contributed by atoms with van der Waals surface area (Å²) in [7, 11) is 0. The lowest BCUT2D eigenvalue weighted by atomic mass is 9.89. The van der Waals surface area contributed by atoms with Gasteiger partial charge in [-0.15, -0.1) is 0 Å². The zero-order chi connectivity index (χ0) is 16.2. The Balaban J connectivity index is 0.00000264. The highest BCUT2D eigenvalue weighted by atomic mass is 19.1. The summed E-state index contributed by atoms with van der Waals surface area (Å²) in [4.78, 5) is 11.7. The van der Waals surface area contributed by atoms with E-state index in [0.29, 0.717) is 6.54 Å². The monoisotopic (exact) mass is 312 g/mol. The van der Waals surface area contributed by atoms with Crippen LogP contribution >= 0.6 is 0 Å². The van der Waals surface area contributed by atoms with Gasteiger partial charge in [0.15, 0.2) is 0 Å². The van der Waals surface area contributed by atoms with Crippen LogP contribution in [0.15, 0.2) is 18.2 Å². The first kappa shape index (κ1) is 16.7. The summed E-state index contributed by atoms with van der Waals surface area (Å²) in [6.07, 6.45) is 1.43. The van der Waals surface area contributed by atoms with Gasteiger partial charge < -0.3 is 15.4 Å². The molecule has 1 heterocycles. The lowest BCUT2D eigenvalue weighted by Gasteiger charge is -2.24. The normalized spacial score (nSPS) is 16.4. The molecule has 126 valence electrons. The molecule has 0 saturated carbocycles. The first-order chi connectivity index (χ1) is 10.3. The van der Waals surface area contributed by atoms with Crippen molar-refractivity contribution in [2.75, 3.05) is 13.1 Å². The van der Waals surface area contributed by atoms with Crippen LogP contribution in [0.4, 0.5) is 9.18 Å². The summed E-state index contributed by atoms with van der Waals surface area (Å²) >= 11 is 0. The molecule has 1 aromatic carbocycles. The maximum Gasteiger partial charge on any atom is 0.407 e. The number of hydrogen-bond donors (Lipinski definition) is 2. The summed E-state index contributed by atoms with van der Waals surface area (Å²) in [5.41, 5.74) is 1.12. The summed E-state index contributed by atoms with van der Waals surface area (Å²) < 4.78 is 19.2. The van der Waals surface area contributed by atoms with E-state index in [1.807, 2.05) is 26.8 Å². The Hall–Kier alpha value is -1.62. The first-order valence-corrected chi connectivity index (χ1v) is 7.81. The molecular formula is C17H29FN2O2. The quantitative estimate of drug-likeness (QED) is 0.892. The third-order valence-corrected chi connectivity index (χ3v) is 3.68. The molecule has 0 spiro atoms. The van der Waals surface area contributed by atoms with E-state index in [1.165, 1.54) is 6.07 Å². The molecular weight excluding hydrogens is 283 g/mol. The van der Waals surface area contributed by atoms with Crippen molar-refractivity contribution in [1.82, 2.24) is 10.6 Å². The molecule has 1 saturated heterocycles. The van der Waals surface area contributed by atoms with Gasteiger partial charge in [-0.2, -0.15) is 0 Å². The Morgan fingerprint density at radius 1 is 1.41 bits per heavy atom. The number of carbonyl (C=O) groups excluding carboxylic acids is 1. The summed E-state index contributed by atoms with van der Waals surface area (Å²) in [6.45, 7) is 7.64. The van der Waals surface area contributed by atoms with E-state index in [-0.39, 0.29) is 14.6 Å². The molecule has 1 amide bonds. The minimum absolute atomic E-state index is 0. The van der Waals surface area contributed by atoms with Gasteiger partial charge in [-0.1, -0.05) is 12.1 Å². The van der Waals surface area contributed by atoms with Crippen LogP contribution in [0.5, 0.6) is 0 Å². The van der Waals surface area contributed by atoms with Crippen LogP contribution in [-0.4, -0.2) is 24.8 Å². The van der Waals surface area contributed by atoms with Gasteiger partial charge in [0.05, 0.1) is 0 Å². The van der Waals surface area contributed by atoms with Gasteiger partial charge in [0.2, 0.25) is 0 Å². The van der Waals surface area contributed by atoms with Gasteiger partial charge in [-0.3, -0.25) is 0 Å².